The Kier molecular flexibility index (Phi) is 7.10. The van der Waals surface area contributed by atoms with E-state index in [1.807, 2.05) is 51.1 Å². The van der Waals surface area contributed by atoms with Crippen molar-refractivity contribution < 1.29 is 19.5 Å². The molecule has 8 heteroatoms. The summed E-state index contributed by atoms with van der Waals surface area (Å²) in [6.45, 7) is 11.7. The van der Waals surface area contributed by atoms with Gasteiger partial charge in [-0.3, -0.25) is 4.90 Å². The third kappa shape index (κ3) is 5.49. The zero-order valence-electron chi connectivity index (χ0n) is 20.5. The first kappa shape index (κ1) is 24.8. The average molecular weight is 488 g/mol. The molecule has 1 fully saturated rings. The molecule has 1 N–H and O–H groups in total. The molecule has 1 aliphatic heterocycles. The summed E-state index contributed by atoms with van der Waals surface area (Å²) < 4.78 is 7.44. The summed E-state index contributed by atoms with van der Waals surface area (Å²) in [5.41, 5.74) is 1.54. The fourth-order valence-corrected chi connectivity index (χ4v) is 5.02. The van der Waals surface area contributed by atoms with Crippen LogP contribution in [0.15, 0.2) is 42.5 Å². The highest BCUT2D eigenvalue weighted by atomic mass is 35.5. The molecule has 1 aliphatic rings. The van der Waals surface area contributed by atoms with Crippen LogP contribution >= 0.6 is 11.6 Å². The van der Waals surface area contributed by atoms with Crippen LogP contribution in [0.2, 0.25) is 5.02 Å². The maximum Gasteiger partial charge on any atom is 0.528 e. The lowest BCUT2D eigenvalue weighted by Crippen LogP contribution is -2.58. The molecule has 3 aromatic rings. The summed E-state index contributed by atoms with van der Waals surface area (Å²) in [7, 11) is 0. The fraction of sp³-hybridized carbons (Fsp3) is 0.500. The Hall–Kier alpha value is -2.32. The number of benzene rings is 2. The Bertz CT molecular complexity index is 1160. The van der Waals surface area contributed by atoms with E-state index in [1.165, 1.54) is 0 Å². The van der Waals surface area contributed by atoms with E-state index in [0.29, 0.717) is 31.2 Å². The van der Waals surface area contributed by atoms with Crippen molar-refractivity contribution in [2.24, 2.45) is 0 Å². The van der Waals surface area contributed by atoms with E-state index < -0.39 is 17.9 Å². The molecule has 7 nitrogen and oxygen atoms in total. The lowest BCUT2D eigenvalue weighted by molar-refractivity contribution is -0.179. The second-order valence-corrected chi connectivity index (χ2v) is 10.7. The van der Waals surface area contributed by atoms with Gasteiger partial charge in [-0.25, -0.2) is 4.79 Å². The predicted octanol–water partition coefficient (Wildman–Crippen LogP) is 5.07. The van der Waals surface area contributed by atoms with Crippen LogP contribution in [0, 0.1) is 0 Å². The Morgan fingerprint density at radius 3 is 2.38 bits per heavy atom. The molecule has 1 saturated heterocycles. The van der Waals surface area contributed by atoms with Crippen molar-refractivity contribution in [3.05, 3.63) is 47.5 Å². The normalized spacial score (nSPS) is 21.1. The summed E-state index contributed by atoms with van der Waals surface area (Å²) in [6.07, 6.45) is -1.26. The van der Waals surface area contributed by atoms with E-state index in [-0.39, 0.29) is 12.1 Å². The third-order valence-corrected chi connectivity index (χ3v) is 6.45. The van der Waals surface area contributed by atoms with E-state index in [0.717, 1.165) is 21.8 Å². The van der Waals surface area contributed by atoms with Gasteiger partial charge in [-0.2, -0.15) is 0 Å². The lowest BCUT2D eigenvalue weighted by atomic mass is 10.1. The summed E-state index contributed by atoms with van der Waals surface area (Å²) in [5, 5.41) is 15.7. The first-order valence-corrected chi connectivity index (χ1v) is 12.2. The standard InChI is InChI=1S/C26H34ClN3O4/c1-17-13-28(34-25(32)33-26(3,4)5)14-18(2)29(17)15-20(31)16-30-23-9-7-6-8-21(23)22-12-19(27)10-11-24(22)30/h6-12,17-18,20,31H,13-16H2,1-5H3. The van der Waals surface area contributed by atoms with E-state index >= 15 is 0 Å². The number of halogens is 1. The molecule has 0 radical (unpaired) electrons. The highest BCUT2D eigenvalue weighted by molar-refractivity contribution is 6.31. The van der Waals surface area contributed by atoms with Crippen molar-refractivity contribution in [1.82, 2.24) is 14.5 Å². The number of hydrogen-bond donors (Lipinski definition) is 1. The second-order valence-electron chi connectivity index (χ2n) is 10.2. The average Bonchev–Trinajstić information content (AvgIpc) is 3.02. The molecule has 0 spiro atoms. The molecule has 0 saturated carbocycles. The molecule has 2 heterocycles. The molecule has 34 heavy (non-hydrogen) atoms. The quantitative estimate of drug-likeness (QED) is 0.507. The number of hydroxylamine groups is 2. The Morgan fingerprint density at radius 1 is 1.06 bits per heavy atom. The molecule has 4 rings (SSSR count). The highest BCUT2D eigenvalue weighted by Gasteiger charge is 2.33. The maximum absolute atomic E-state index is 12.1. The van der Waals surface area contributed by atoms with Crippen molar-refractivity contribution in [3.63, 3.8) is 0 Å². The molecule has 1 aromatic heterocycles. The number of aliphatic hydroxyl groups is 1. The van der Waals surface area contributed by atoms with Crippen LogP contribution in [0.1, 0.15) is 34.6 Å². The van der Waals surface area contributed by atoms with Crippen LogP contribution in [-0.4, -0.2) is 69.2 Å². The van der Waals surface area contributed by atoms with Crippen molar-refractivity contribution >= 4 is 39.6 Å². The number of nitrogens with zero attached hydrogens (tertiary/aromatic N) is 3. The van der Waals surface area contributed by atoms with Crippen LogP contribution in [0.25, 0.3) is 21.8 Å². The van der Waals surface area contributed by atoms with Gasteiger partial charge < -0.3 is 19.2 Å². The van der Waals surface area contributed by atoms with Crippen molar-refractivity contribution in [2.45, 2.75) is 65.0 Å². The number of aromatic nitrogens is 1. The Morgan fingerprint density at radius 2 is 1.71 bits per heavy atom. The minimum atomic E-state index is -0.688. The van der Waals surface area contributed by atoms with Crippen molar-refractivity contribution in [2.75, 3.05) is 19.6 Å². The molecule has 0 aliphatic carbocycles. The third-order valence-electron chi connectivity index (χ3n) is 6.21. The molecule has 3 unspecified atom stereocenters. The van der Waals surface area contributed by atoms with Gasteiger partial charge in [0.05, 0.1) is 25.7 Å². The van der Waals surface area contributed by atoms with Crippen LogP contribution in [0.3, 0.4) is 0 Å². The number of rotatable bonds is 5. The molecule has 184 valence electrons. The summed E-state index contributed by atoms with van der Waals surface area (Å²) in [4.78, 5) is 19.8. The minimum Gasteiger partial charge on any atom is -0.427 e. The summed E-state index contributed by atoms with van der Waals surface area (Å²) in [6, 6.07) is 14.3. The van der Waals surface area contributed by atoms with Gasteiger partial charge in [0.1, 0.15) is 5.60 Å². The number of para-hydroxylation sites is 1. The Balaban J connectivity index is 1.44. The van der Waals surface area contributed by atoms with Crippen molar-refractivity contribution in [1.29, 1.82) is 0 Å². The highest BCUT2D eigenvalue weighted by Crippen LogP contribution is 2.31. The summed E-state index contributed by atoms with van der Waals surface area (Å²) >= 11 is 6.26. The number of aliphatic hydroxyl groups excluding tert-OH is 1. The zero-order chi connectivity index (χ0) is 24.6. The molecular formula is C26H34ClN3O4. The monoisotopic (exact) mass is 487 g/mol. The number of carbonyl (C=O) groups is 1. The maximum atomic E-state index is 12.1. The van der Waals surface area contributed by atoms with Crippen LogP contribution in [-0.2, 0) is 16.1 Å². The number of fused-ring (bicyclic) bond motifs is 3. The Labute approximate surface area is 205 Å². The van der Waals surface area contributed by atoms with Crippen LogP contribution in [0.5, 0.6) is 0 Å². The van der Waals surface area contributed by atoms with E-state index in [1.54, 1.807) is 5.06 Å². The van der Waals surface area contributed by atoms with Crippen LogP contribution < -0.4 is 0 Å². The number of piperazine rings is 1. The smallest absolute Gasteiger partial charge is 0.427 e. The molecule has 2 aromatic carbocycles. The topological polar surface area (TPSA) is 67.2 Å². The van der Waals surface area contributed by atoms with E-state index in [4.69, 9.17) is 21.2 Å². The molecular weight excluding hydrogens is 454 g/mol. The molecule has 0 bridgehead atoms. The molecule has 0 amide bonds. The van der Waals surface area contributed by atoms with Crippen molar-refractivity contribution in [3.8, 4) is 0 Å². The summed E-state index contributed by atoms with van der Waals surface area (Å²) in [5.74, 6) is 0. The first-order valence-electron chi connectivity index (χ1n) is 11.8. The van der Waals surface area contributed by atoms with Gasteiger partial charge in [-0.15, -0.1) is 5.06 Å². The predicted molar refractivity (Wildman–Crippen MR) is 135 cm³/mol. The molecule has 3 atom stereocenters. The number of carbonyl (C=O) groups excluding carboxylic acids is 1. The van der Waals surface area contributed by atoms with Gasteiger partial charge >= 0.3 is 6.16 Å². The fourth-order valence-electron chi connectivity index (χ4n) is 4.85. The lowest BCUT2D eigenvalue weighted by Gasteiger charge is -2.43. The number of β-amino-alcohol motifs (C(OH)–C–C–N with tert-alkyl or cyclic N) is 1. The van der Waals surface area contributed by atoms with E-state index in [2.05, 4.69) is 35.4 Å². The largest absolute Gasteiger partial charge is 0.528 e. The van der Waals surface area contributed by atoms with Gasteiger partial charge in [0.15, 0.2) is 0 Å². The van der Waals surface area contributed by atoms with Gasteiger partial charge in [0.2, 0.25) is 0 Å². The minimum absolute atomic E-state index is 0.0952. The number of ether oxygens (including phenoxy) is 1. The SMILES string of the molecule is CC1CN(OC(=O)OC(C)(C)C)CC(C)N1CC(O)Cn1c2ccccc2c2cc(Cl)ccc21. The van der Waals surface area contributed by atoms with E-state index in [9.17, 15) is 9.90 Å². The second kappa shape index (κ2) is 9.74. The van der Waals surface area contributed by atoms with Crippen LogP contribution in [0.4, 0.5) is 4.79 Å². The van der Waals surface area contributed by atoms with Gasteiger partial charge in [-0.05, 0) is 58.9 Å². The van der Waals surface area contributed by atoms with Gasteiger partial charge in [0, 0.05) is 45.5 Å². The number of hydrogen-bond acceptors (Lipinski definition) is 6. The van der Waals surface area contributed by atoms with Gasteiger partial charge in [0.25, 0.3) is 0 Å². The van der Waals surface area contributed by atoms with Gasteiger partial charge in [-0.1, -0.05) is 29.8 Å². The zero-order valence-corrected chi connectivity index (χ0v) is 21.2. The first-order chi connectivity index (χ1) is 16.0.